The van der Waals surface area contributed by atoms with Crippen LogP contribution >= 0.6 is 0 Å². The summed E-state index contributed by atoms with van der Waals surface area (Å²) in [6.07, 6.45) is 0. The summed E-state index contributed by atoms with van der Waals surface area (Å²) in [7, 11) is 3.21. The van der Waals surface area contributed by atoms with Gasteiger partial charge in [0.1, 0.15) is 13.1 Å². The topological polar surface area (TPSA) is 68.5 Å². The Labute approximate surface area is 164 Å². The average molecular weight is 384 g/mol. The molecule has 0 spiro atoms. The Balaban J connectivity index is 1.72. The summed E-state index contributed by atoms with van der Waals surface area (Å²) in [4.78, 5) is 35.1. The van der Waals surface area contributed by atoms with Crippen molar-refractivity contribution in [3.8, 4) is 0 Å². The van der Waals surface area contributed by atoms with E-state index >= 15 is 0 Å². The summed E-state index contributed by atoms with van der Waals surface area (Å²) in [5.41, 5.74) is 2.32. The van der Waals surface area contributed by atoms with Gasteiger partial charge in [-0.25, -0.2) is 9.37 Å². The average Bonchev–Trinajstić information content (AvgIpc) is 3.05. The number of nitrogens with zero attached hydrogens (tertiary/aromatic N) is 5. The van der Waals surface area contributed by atoms with Gasteiger partial charge in [0.25, 0.3) is 17.8 Å². The molecule has 2 saturated heterocycles. The number of hydrogen-bond donors (Lipinski definition) is 0. The molecule has 0 N–H and O–H groups in total. The van der Waals surface area contributed by atoms with E-state index in [0.29, 0.717) is 32.1 Å². The summed E-state index contributed by atoms with van der Waals surface area (Å²) in [6.45, 7) is 6.34. The van der Waals surface area contributed by atoms with Crippen LogP contribution in [0, 0.1) is 6.92 Å². The number of fused-ring (bicyclic) bond motifs is 1. The lowest BCUT2D eigenvalue weighted by molar-refractivity contribution is -0.552. The summed E-state index contributed by atoms with van der Waals surface area (Å²) in [6, 6.07) is 7.25. The van der Waals surface area contributed by atoms with Crippen molar-refractivity contribution < 1.29 is 18.9 Å². The van der Waals surface area contributed by atoms with E-state index in [0.717, 1.165) is 24.5 Å². The number of hydrogen-bond acceptors (Lipinski definition) is 5. The number of likely N-dealkylation sites (N-methyl/N-ethyl adjacent to an activating group) is 2. The van der Waals surface area contributed by atoms with Gasteiger partial charge in [-0.05, 0) is 23.0 Å². The van der Waals surface area contributed by atoms with E-state index in [4.69, 9.17) is 9.73 Å². The molecule has 1 aromatic carbocycles. The van der Waals surface area contributed by atoms with E-state index in [1.807, 2.05) is 12.1 Å². The molecule has 3 heterocycles. The number of urea groups is 1. The smallest absolute Gasteiger partial charge is 0.333 e. The van der Waals surface area contributed by atoms with Gasteiger partial charge in [-0.1, -0.05) is 24.3 Å². The molecule has 1 unspecified atom stereocenters. The molecule has 0 aromatic heterocycles. The van der Waals surface area contributed by atoms with Crippen LogP contribution in [0.3, 0.4) is 0 Å². The fourth-order valence-electron chi connectivity index (χ4n) is 3.89. The van der Waals surface area contributed by atoms with E-state index in [-0.39, 0.29) is 11.9 Å². The molecular weight excluding hydrogens is 358 g/mol. The predicted octanol–water partition coefficient (Wildman–Crippen LogP) is 0.543. The van der Waals surface area contributed by atoms with Gasteiger partial charge in [0.2, 0.25) is 0 Å². The van der Waals surface area contributed by atoms with Crippen LogP contribution in [0.2, 0.25) is 0 Å². The van der Waals surface area contributed by atoms with Crippen LogP contribution in [-0.4, -0.2) is 95.9 Å². The quantitative estimate of drug-likeness (QED) is 0.711. The number of amides is 3. The van der Waals surface area contributed by atoms with Crippen LogP contribution in [0.15, 0.2) is 29.3 Å². The Bertz CT molecular complexity index is 872. The van der Waals surface area contributed by atoms with Crippen LogP contribution in [0.1, 0.15) is 11.1 Å². The lowest BCUT2D eigenvalue weighted by Gasteiger charge is -2.31. The SMILES string of the molecule is Cc1ccccc1C[N+]1=C(CN2CCOCC2)N=C2C1C(=O)N(C)C(=O)N2C. The molecule has 8 heteroatoms. The maximum Gasteiger partial charge on any atom is 0.333 e. The molecule has 148 valence electrons. The highest BCUT2D eigenvalue weighted by Gasteiger charge is 2.53. The minimum atomic E-state index is -0.566. The number of morpholine rings is 1. The summed E-state index contributed by atoms with van der Waals surface area (Å²) in [5.74, 6) is 1.12. The molecule has 1 aromatic rings. The van der Waals surface area contributed by atoms with Crippen molar-refractivity contribution in [2.75, 3.05) is 46.9 Å². The lowest BCUT2D eigenvalue weighted by Crippen LogP contribution is -2.61. The minimum absolute atomic E-state index is 0.229. The number of carbonyl (C=O) groups excluding carboxylic acids is 2. The van der Waals surface area contributed by atoms with Crippen LogP contribution in [0.4, 0.5) is 4.79 Å². The normalized spacial score (nSPS) is 23.4. The molecule has 0 saturated carbocycles. The fourth-order valence-corrected chi connectivity index (χ4v) is 3.89. The summed E-state index contributed by atoms with van der Waals surface area (Å²) < 4.78 is 7.50. The van der Waals surface area contributed by atoms with Crippen molar-refractivity contribution in [3.63, 3.8) is 0 Å². The van der Waals surface area contributed by atoms with E-state index < -0.39 is 6.04 Å². The largest absolute Gasteiger partial charge is 0.379 e. The molecule has 28 heavy (non-hydrogen) atoms. The van der Waals surface area contributed by atoms with E-state index in [2.05, 4.69) is 28.5 Å². The van der Waals surface area contributed by atoms with Crippen LogP contribution in [0.25, 0.3) is 0 Å². The van der Waals surface area contributed by atoms with Gasteiger partial charge < -0.3 is 4.74 Å². The van der Waals surface area contributed by atoms with Gasteiger partial charge in [-0.2, -0.15) is 0 Å². The maximum absolute atomic E-state index is 13.0. The summed E-state index contributed by atoms with van der Waals surface area (Å²) in [5, 5.41) is 0. The lowest BCUT2D eigenvalue weighted by atomic mass is 10.1. The highest BCUT2D eigenvalue weighted by Crippen LogP contribution is 2.22. The zero-order valence-corrected chi connectivity index (χ0v) is 16.6. The molecule has 8 nitrogen and oxygen atoms in total. The number of imide groups is 1. The van der Waals surface area contributed by atoms with E-state index in [1.54, 1.807) is 7.05 Å². The maximum atomic E-state index is 13.0. The molecular formula is C20H26N5O3+. The first-order valence-corrected chi connectivity index (χ1v) is 9.58. The second kappa shape index (κ2) is 7.44. The third-order valence-corrected chi connectivity index (χ3v) is 5.68. The number of rotatable bonds is 4. The number of aliphatic imine (C=N–C) groups is 1. The molecule has 0 aliphatic carbocycles. The van der Waals surface area contributed by atoms with Crippen LogP contribution in [-0.2, 0) is 16.1 Å². The molecule has 3 aliphatic heterocycles. The van der Waals surface area contributed by atoms with Gasteiger partial charge in [0.15, 0.2) is 0 Å². The Kier molecular flexibility index (Phi) is 4.99. The van der Waals surface area contributed by atoms with Gasteiger partial charge >= 0.3 is 11.9 Å². The zero-order chi connectivity index (χ0) is 19.8. The number of benzene rings is 1. The third kappa shape index (κ3) is 3.22. The fraction of sp³-hybridized carbons (Fsp3) is 0.500. The standard InChI is InChI=1S/C20H26N5O3/c1-14-6-4-5-7-15(14)12-25-16(13-24-8-10-28-11-9-24)21-18-17(25)19(26)23(3)20(27)22(18)2/h4-7,17H,8-13H2,1-3H3/q+1. The Hall–Kier alpha value is -2.58. The highest BCUT2D eigenvalue weighted by atomic mass is 16.5. The van der Waals surface area contributed by atoms with Gasteiger partial charge in [-0.3, -0.25) is 19.5 Å². The molecule has 1 atom stereocenters. The van der Waals surface area contributed by atoms with Gasteiger partial charge in [0.05, 0.1) is 13.2 Å². The predicted molar refractivity (Wildman–Crippen MR) is 105 cm³/mol. The summed E-state index contributed by atoms with van der Waals surface area (Å²) >= 11 is 0. The molecule has 4 rings (SSSR count). The van der Waals surface area contributed by atoms with E-state index in [9.17, 15) is 9.59 Å². The molecule has 3 amide bonds. The monoisotopic (exact) mass is 384 g/mol. The van der Waals surface area contributed by atoms with Crippen molar-refractivity contribution >= 4 is 23.6 Å². The highest BCUT2D eigenvalue weighted by molar-refractivity contribution is 6.23. The zero-order valence-electron chi connectivity index (χ0n) is 16.6. The Morgan fingerprint density at radius 1 is 1.14 bits per heavy atom. The van der Waals surface area contributed by atoms with Gasteiger partial charge in [-0.15, -0.1) is 0 Å². The van der Waals surface area contributed by atoms with Crippen molar-refractivity contribution in [1.29, 1.82) is 0 Å². The van der Waals surface area contributed by atoms with Crippen molar-refractivity contribution in [2.45, 2.75) is 19.5 Å². The van der Waals surface area contributed by atoms with Crippen molar-refractivity contribution in [2.24, 2.45) is 4.99 Å². The second-order valence-corrected chi connectivity index (χ2v) is 7.47. The molecule has 0 bridgehead atoms. The molecule has 3 aliphatic rings. The van der Waals surface area contributed by atoms with Crippen molar-refractivity contribution in [1.82, 2.24) is 14.7 Å². The first kappa shape index (κ1) is 18.8. The second-order valence-electron chi connectivity index (χ2n) is 7.47. The number of carbonyl (C=O) groups is 2. The molecule has 2 fully saturated rings. The Morgan fingerprint density at radius 2 is 1.86 bits per heavy atom. The number of ether oxygens (including phenoxy) is 1. The Morgan fingerprint density at radius 3 is 2.57 bits per heavy atom. The first-order chi connectivity index (χ1) is 13.5. The molecule has 0 radical (unpaired) electrons. The van der Waals surface area contributed by atoms with Crippen LogP contribution in [0.5, 0.6) is 0 Å². The first-order valence-electron chi connectivity index (χ1n) is 9.58. The minimum Gasteiger partial charge on any atom is -0.379 e. The van der Waals surface area contributed by atoms with Crippen LogP contribution < -0.4 is 0 Å². The van der Waals surface area contributed by atoms with Crippen molar-refractivity contribution in [3.05, 3.63) is 35.4 Å². The number of amidine groups is 2. The third-order valence-electron chi connectivity index (χ3n) is 5.68. The van der Waals surface area contributed by atoms with E-state index in [1.165, 1.54) is 22.4 Å². The van der Waals surface area contributed by atoms with Gasteiger partial charge in [0, 0.05) is 27.2 Å². The number of aryl methyl sites for hydroxylation is 1.